The molecule has 0 aromatic carbocycles. The zero-order chi connectivity index (χ0) is 21.5. The molecule has 30 heavy (non-hydrogen) atoms. The van der Waals surface area contributed by atoms with Gasteiger partial charge in [-0.15, -0.1) is 21.5 Å². The second-order valence-electron chi connectivity index (χ2n) is 9.11. The molecule has 8 heteroatoms. The number of fused-ring (bicyclic) bond motifs is 3. The lowest BCUT2D eigenvalue weighted by atomic mass is 9.97. The van der Waals surface area contributed by atoms with Gasteiger partial charge in [0.2, 0.25) is 11.8 Å². The van der Waals surface area contributed by atoms with Crippen LogP contribution in [0.3, 0.4) is 0 Å². The Bertz CT molecular complexity index is 1110. The highest BCUT2D eigenvalue weighted by atomic mass is 32.2. The smallest absolute Gasteiger partial charge is 0.263 e. The first-order valence-corrected chi connectivity index (χ1v) is 12.6. The van der Waals surface area contributed by atoms with Crippen LogP contribution in [0.4, 0.5) is 0 Å². The van der Waals surface area contributed by atoms with E-state index in [9.17, 15) is 4.79 Å². The van der Waals surface area contributed by atoms with E-state index in [4.69, 9.17) is 9.40 Å². The standard InChI is InChI=1S/C22H30N4O2S2/c1-6-13(2)26-19(27)17-14-10-8-7-9-11-15(14)30-18(17)23-21(26)29-12-16-24-25-20(28-16)22(3,4)5/h13H,6-12H2,1-5H3. The van der Waals surface area contributed by atoms with Crippen LogP contribution in [0.5, 0.6) is 0 Å². The van der Waals surface area contributed by atoms with Crippen molar-refractivity contribution in [3.8, 4) is 0 Å². The molecule has 0 amide bonds. The van der Waals surface area contributed by atoms with E-state index in [1.165, 1.54) is 35.0 Å². The van der Waals surface area contributed by atoms with E-state index >= 15 is 0 Å². The first-order chi connectivity index (χ1) is 14.3. The fraction of sp³-hybridized carbons (Fsp3) is 0.636. The molecule has 0 N–H and O–H groups in total. The van der Waals surface area contributed by atoms with Crippen LogP contribution in [0.25, 0.3) is 10.2 Å². The van der Waals surface area contributed by atoms with E-state index in [1.54, 1.807) is 11.3 Å². The topological polar surface area (TPSA) is 73.8 Å². The van der Waals surface area contributed by atoms with Crippen molar-refractivity contribution in [3.05, 3.63) is 32.6 Å². The van der Waals surface area contributed by atoms with Crippen LogP contribution in [-0.2, 0) is 24.0 Å². The van der Waals surface area contributed by atoms with Gasteiger partial charge in [-0.05, 0) is 44.6 Å². The number of thiophene rings is 1. The molecule has 0 saturated heterocycles. The molecule has 6 nitrogen and oxygen atoms in total. The fourth-order valence-corrected chi connectivity index (χ4v) is 6.03. The van der Waals surface area contributed by atoms with Gasteiger partial charge in [-0.2, -0.15) is 0 Å². The first kappa shape index (κ1) is 21.6. The minimum absolute atomic E-state index is 0.0889. The van der Waals surface area contributed by atoms with Crippen LogP contribution in [-0.4, -0.2) is 19.7 Å². The maximum atomic E-state index is 13.6. The van der Waals surface area contributed by atoms with Crippen LogP contribution in [0.2, 0.25) is 0 Å². The summed E-state index contributed by atoms with van der Waals surface area (Å²) in [5, 5.41) is 9.97. The average molecular weight is 447 g/mol. The number of nitrogens with zero attached hydrogens (tertiary/aromatic N) is 4. The summed E-state index contributed by atoms with van der Waals surface area (Å²) in [6, 6.07) is 0.0889. The first-order valence-electron chi connectivity index (χ1n) is 10.8. The molecule has 0 aliphatic heterocycles. The monoisotopic (exact) mass is 446 g/mol. The van der Waals surface area contributed by atoms with E-state index in [-0.39, 0.29) is 17.0 Å². The van der Waals surface area contributed by atoms with Crippen molar-refractivity contribution in [2.45, 2.75) is 95.5 Å². The molecular formula is C22H30N4O2S2. The molecule has 0 fully saturated rings. The Morgan fingerprint density at radius 2 is 1.97 bits per heavy atom. The predicted molar refractivity (Wildman–Crippen MR) is 123 cm³/mol. The molecular weight excluding hydrogens is 416 g/mol. The predicted octanol–water partition coefficient (Wildman–Crippen LogP) is 5.67. The van der Waals surface area contributed by atoms with Gasteiger partial charge >= 0.3 is 0 Å². The Hall–Kier alpha value is -1.67. The molecule has 3 aromatic rings. The molecule has 4 rings (SSSR count). The van der Waals surface area contributed by atoms with Crippen molar-refractivity contribution >= 4 is 33.3 Å². The Kier molecular flexibility index (Phi) is 6.08. The number of rotatable bonds is 5. The molecule has 0 radical (unpaired) electrons. The maximum absolute atomic E-state index is 13.6. The van der Waals surface area contributed by atoms with Gasteiger partial charge in [0.1, 0.15) is 4.83 Å². The summed E-state index contributed by atoms with van der Waals surface area (Å²) in [7, 11) is 0. The van der Waals surface area contributed by atoms with Gasteiger partial charge in [-0.3, -0.25) is 9.36 Å². The highest BCUT2D eigenvalue weighted by Gasteiger charge is 2.24. The van der Waals surface area contributed by atoms with Gasteiger partial charge in [-0.25, -0.2) is 4.98 Å². The maximum Gasteiger partial charge on any atom is 0.263 e. The lowest BCUT2D eigenvalue weighted by Gasteiger charge is -2.17. The van der Waals surface area contributed by atoms with Gasteiger partial charge in [0.25, 0.3) is 5.56 Å². The summed E-state index contributed by atoms with van der Waals surface area (Å²) in [5.74, 6) is 1.70. The highest BCUT2D eigenvalue weighted by molar-refractivity contribution is 7.98. The molecule has 1 unspecified atom stereocenters. The van der Waals surface area contributed by atoms with E-state index in [0.29, 0.717) is 17.5 Å². The molecule has 1 atom stereocenters. The zero-order valence-electron chi connectivity index (χ0n) is 18.4. The van der Waals surface area contributed by atoms with E-state index in [0.717, 1.165) is 41.1 Å². The van der Waals surface area contributed by atoms with Crippen molar-refractivity contribution in [1.82, 2.24) is 19.7 Å². The second-order valence-corrected chi connectivity index (χ2v) is 11.1. The number of aromatic nitrogens is 4. The Labute approximate surface area is 185 Å². The Balaban J connectivity index is 1.73. The normalized spacial score (nSPS) is 15.9. The summed E-state index contributed by atoms with van der Waals surface area (Å²) in [6.45, 7) is 10.4. The van der Waals surface area contributed by atoms with Crippen LogP contribution in [0.15, 0.2) is 14.4 Å². The quantitative estimate of drug-likeness (QED) is 0.285. The number of thioether (sulfide) groups is 1. The molecule has 1 aliphatic rings. The summed E-state index contributed by atoms with van der Waals surface area (Å²) in [5.41, 5.74) is 1.18. The minimum Gasteiger partial charge on any atom is -0.424 e. The van der Waals surface area contributed by atoms with Crippen molar-refractivity contribution in [3.63, 3.8) is 0 Å². The van der Waals surface area contributed by atoms with Crippen molar-refractivity contribution < 1.29 is 4.42 Å². The van der Waals surface area contributed by atoms with Crippen LogP contribution < -0.4 is 5.56 Å². The lowest BCUT2D eigenvalue weighted by molar-refractivity contribution is 0.378. The third kappa shape index (κ3) is 4.08. The molecule has 3 heterocycles. The average Bonchev–Trinajstić information content (AvgIpc) is 3.24. The lowest BCUT2D eigenvalue weighted by Crippen LogP contribution is -2.26. The number of hydrogen-bond donors (Lipinski definition) is 0. The zero-order valence-corrected chi connectivity index (χ0v) is 20.1. The van der Waals surface area contributed by atoms with Gasteiger partial charge < -0.3 is 4.42 Å². The second kappa shape index (κ2) is 8.46. The SMILES string of the molecule is CCC(C)n1c(SCc2nnc(C(C)(C)C)o2)nc2sc3c(c2c1=O)CCCCC3. The summed E-state index contributed by atoms with van der Waals surface area (Å²) in [6.07, 6.45) is 6.54. The van der Waals surface area contributed by atoms with Crippen LogP contribution in [0.1, 0.15) is 88.6 Å². The minimum atomic E-state index is -0.180. The Morgan fingerprint density at radius 3 is 2.67 bits per heavy atom. The molecule has 162 valence electrons. The van der Waals surface area contributed by atoms with Gasteiger partial charge in [0, 0.05) is 16.3 Å². The molecule has 0 spiro atoms. The van der Waals surface area contributed by atoms with Gasteiger partial charge in [0.05, 0.1) is 11.1 Å². The summed E-state index contributed by atoms with van der Waals surface area (Å²) in [4.78, 5) is 20.8. The highest BCUT2D eigenvalue weighted by Crippen LogP contribution is 2.35. The molecule has 3 aromatic heterocycles. The fourth-order valence-electron chi connectivity index (χ4n) is 3.79. The third-order valence-electron chi connectivity index (χ3n) is 5.70. The summed E-state index contributed by atoms with van der Waals surface area (Å²) >= 11 is 3.22. The summed E-state index contributed by atoms with van der Waals surface area (Å²) < 4.78 is 7.72. The largest absolute Gasteiger partial charge is 0.424 e. The van der Waals surface area contributed by atoms with Gasteiger partial charge in [-0.1, -0.05) is 45.9 Å². The van der Waals surface area contributed by atoms with Crippen molar-refractivity contribution in [2.75, 3.05) is 0 Å². The van der Waals surface area contributed by atoms with Crippen molar-refractivity contribution in [2.24, 2.45) is 0 Å². The van der Waals surface area contributed by atoms with E-state index < -0.39 is 0 Å². The Morgan fingerprint density at radius 1 is 1.20 bits per heavy atom. The van der Waals surface area contributed by atoms with Gasteiger partial charge in [0.15, 0.2) is 5.16 Å². The number of hydrogen-bond acceptors (Lipinski definition) is 7. The van der Waals surface area contributed by atoms with Crippen molar-refractivity contribution in [1.29, 1.82) is 0 Å². The van der Waals surface area contributed by atoms with Crippen LogP contribution >= 0.6 is 23.1 Å². The van der Waals surface area contributed by atoms with Crippen LogP contribution in [0, 0.1) is 0 Å². The number of aryl methyl sites for hydroxylation is 2. The molecule has 1 aliphatic carbocycles. The van der Waals surface area contributed by atoms with E-state index in [2.05, 4.69) is 24.0 Å². The molecule has 0 saturated carbocycles. The van der Waals surface area contributed by atoms with E-state index in [1.807, 2.05) is 25.3 Å². The third-order valence-corrected chi connectivity index (χ3v) is 7.83. The molecule has 0 bridgehead atoms.